The van der Waals surface area contributed by atoms with E-state index in [0.717, 1.165) is 34.8 Å². The van der Waals surface area contributed by atoms with E-state index in [2.05, 4.69) is 247 Å². The van der Waals surface area contributed by atoms with E-state index in [1.54, 1.807) is 0 Å². The van der Waals surface area contributed by atoms with Crippen molar-refractivity contribution in [3.8, 4) is 33.4 Å². The molecule has 0 fully saturated rings. The van der Waals surface area contributed by atoms with Gasteiger partial charge in [0, 0.05) is 55.8 Å². The van der Waals surface area contributed by atoms with Gasteiger partial charge >= 0.3 is 6.85 Å². The lowest BCUT2D eigenvalue weighted by molar-refractivity contribution is 0.331. The van der Waals surface area contributed by atoms with Gasteiger partial charge in [0.05, 0.1) is 0 Å². The van der Waals surface area contributed by atoms with E-state index >= 15 is 0 Å². The van der Waals surface area contributed by atoms with Crippen molar-refractivity contribution in [1.29, 1.82) is 0 Å². The molecule has 9 aromatic rings. The third kappa shape index (κ3) is 6.74. The minimum Gasteiger partial charge on any atom is -0.455 e. The number of rotatable bonds is 3. The highest BCUT2D eigenvalue weighted by atomic mass is 16.3. The number of anilines is 5. The van der Waals surface area contributed by atoms with Crippen LogP contribution in [-0.2, 0) is 37.9 Å². The normalized spacial score (nSPS) is 20.3. The number of aryl methyl sites for hydroxylation is 1. The van der Waals surface area contributed by atoms with Crippen LogP contribution in [-0.4, -0.2) is 6.85 Å². The van der Waals surface area contributed by atoms with Crippen LogP contribution in [0.1, 0.15) is 186 Å². The van der Waals surface area contributed by atoms with Gasteiger partial charge in [0.25, 0.3) is 0 Å². The number of nitrogens with zero attached hydrogens (tertiary/aromatic N) is 2. The molecular weight excluding hydrogens is 968 g/mol. The molecule has 4 aliphatic carbocycles. The van der Waals surface area contributed by atoms with E-state index in [9.17, 15) is 0 Å². The fourth-order valence-electron chi connectivity index (χ4n) is 16.7. The molecule has 0 radical (unpaired) electrons. The zero-order chi connectivity index (χ0) is 55.7. The Balaban J connectivity index is 1.11. The summed E-state index contributed by atoms with van der Waals surface area (Å²) in [7, 11) is 0. The molecule has 0 saturated carbocycles. The van der Waals surface area contributed by atoms with Crippen molar-refractivity contribution in [1.82, 2.24) is 0 Å². The molecule has 0 bridgehead atoms. The van der Waals surface area contributed by atoms with E-state index in [-0.39, 0.29) is 44.8 Å². The highest BCUT2D eigenvalue weighted by Gasteiger charge is 2.52. The molecule has 6 aliphatic rings. The highest BCUT2D eigenvalue weighted by Crippen LogP contribution is 2.62. The first-order valence-corrected chi connectivity index (χ1v) is 30.2. The van der Waals surface area contributed by atoms with Gasteiger partial charge in [-0.1, -0.05) is 188 Å². The van der Waals surface area contributed by atoms with Crippen LogP contribution in [0.15, 0.2) is 138 Å². The number of hydrogen-bond donors (Lipinski definition) is 0. The minimum absolute atomic E-state index is 0.00792. The molecule has 4 heteroatoms. The third-order valence-electron chi connectivity index (χ3n) is 21.9. The first-order valence-electron chi connectivity index (χ1n) is 30.2. The Hall–Kier alpha value is -6.78. The van der Waals surface area contributed by atoms with Gasteiger partial charge in [-0.15, -0.1) is 0 Å². The van der Waals surface area contributed by atoms with Crippen molar-refractivity contribution < 1.29 is 4.42 Å². The van der Waals surface area contributed by atoms with Gasteiger partial charge in [0.2, 0.25) is 0 Å². The predicted octanol–water partition coefficient (Wildman–Crippen LogP) is 19.6. The van der Waals surface area contributed by atoms with Gasteiger partial charge in [0.15, 0.2) is 0 Å². The lowest BCUT2D eigenvalue weighted by Crippen LogP contribution is -2.62. The summed E-state index contributed by atoms with van der Waals surface area (Å²) in [5.74, 6) is 0. The molecule has 0 N–H and O–H groups in total. The molecule has 80 heavy (non-hydrogen) atoms. The highest BCUT2D eigenvalue weighted by molar-refractivity contribution is 6.94. The Bertz CT molecular complexity index is 4190. The van der Waals surface area contributed by atoms with Crippen LogP contribution in [0.4, 0.5) is 28.4 Å². The monoisotopic (exact) mass is 1050 g/mol. The van der Waals surface area contributed by atoms with Crippen molar-refractivity contribution in [2.75, 3.05) is 9.71 Å². The maximum Gasteiger partial charge on any atom is 0.333 e. The topological polar surface area (TPSA) is 19.6 Å². The second-order valence-corrected chi connectivity index (χ2v) is 30.1. The van der Waals surface area contributed by atoms with E-state index in [0.29, 0.717) is 0 Å². The summed E-state index contributed by atoms with van der Waals surface area (Å²) < 4.78 is 7.41. The minimum atomic E-state index is -0.333. The van der Waals surface area contributed by atoms with Crippen LogP contribution < -0.4 is 20.6 Å². The number of fused-ring (bicyclic) bond motifs is 15. The SMILES string of the molecule is Cc1cc2c(cc1N1c3cc(-c4ccccc4)ccc3B3c4c1cc1c(oc5ccccc51)c4-c1ccc4c(c1N3c1ccc3c(c1)C(C)(C)CCC3(C)C)C(C)(C)c1cc3c(cc1-4)C(C)(C)CCC3(C)C)C(C)(C)CCC2(C)C. The molecule has 2 aliphatic heterocycles. The largest absolute Gasteiger partial charge is 0.455 e. The van der Waals surface area contributed by atoms with Crippen LogP contribution in [0.25, 0.3) is 55.3 Å². The molecule has 0 unspecified atom stereocenters. The second kappa shape index (κ2) is 16.0. The van der Waals surface area contributed by atoms with Crippen molar-refractivity contribution >= 4 is 68.1 Å². The van der Waals surface area contributed by atoms with Crippen molar-refractivity contribution in [3.63, 3.8) is 0 Å². The molecule has 3 nitrogen and oxygen atoms in total. The number of furan rings is 1. The number of para-hydroxylation sites is 1. The number of benzene rings is 8. The summed E-state index contributed by atoms with van der Waals surface area (Å²) in [6.07, 6.45) is 7.02. The Kier molecular flexibility index (Phi) is 10.1. The lowest BCUT2D eigenvalue weighted by atomic mass is 9.43. The lowest BCUT2D eigenvalue weighted by Gasteiger charge is -2.49. The Morgan fingerprint density at radius 3 is 1.68 bits per heavy atom. The average molecular weight is 1050 g/mol. The maximum absolute atomic E-state index is 7.41. The zero-order valence-electron chi connectivity index (χ0n) is 50.3. The molecule has 15 rings (SSSR count). The third-order valence-corrected chi connectivity index (χ3v) is 21.9. The summed E-state index contributed by atoms with van der Waals surface area (Å²) in [5.41, 5.74) is 31.6. The summed E-state index contributed by atoms with van der Waals surface area (Å²) in [5, 5.41) is 2.32. The van der Waals surface area contributed by atoms with Crippen LogP contribution >= 0.6 is 0 Å². The smallest absolute Gasteiger partial charge is 0.333 e. The maximum atomic E-state index is 7.41. The molecule has 0 saturated heterocycles. The van der Waals surface area contributed by atoms with Crippen LogP contribution in [0, 0.1) is 6.92 Å². The van der Waals surface area contributed by atoms with E-state index in [4.69, 9.17) is 4.42 Å². The van der Waals surface area contributed by atoms with E-state index < -0.39 is 0 Å². The molecule has 0 amide bonds. The van der Waals surface area contributed by atoms with Crippen LogP contribution in [0.2, 0.25) is 0 Å². The van der Waals surface area contributed by atoms with Crippen molar-refractivity contribution in [2.45, 2.75) is 180 Å². The molecule has 3 heterocycles. The molecule has 8 aromatic carbocycles. The zero-order valence-corrected chi connectivity index (χ0v) is 50.3. The molecule has 1 aromatic heterocycles. The van der Waals surface area contributed by atoms with Crippen LogP contribution in [0.3, 0.4) is 0 Å². The molecule has 0 spiro atoms. The van der Waals surface area contributed by atoms with Crippen molar-refractivity contribution in [2.24, 2.45) is 0 Å². The molecule has 0 atom stereocenters. The standard InChI is InChI=1S/C76H79BN2O/c1-44-37-55-59(75(12,13)36-33-71(55,4)5)43-61(44)78-62-38-46(45-21-17-16-18-22-45)25-30-60(62)77-67-63(78)41-52-48-23-19-20-24-64(48)80-69(52)65(67)50-28-27-49-51-40-57-58(74(10,11)35-34-73(57,8)9)42-54(51)76(14,15)66(49)68(50)79(77)47-26-29-53-56(39-47)72(6,7)32-31-70(53,2)3/h16-30,37-43H,31-36H2,1-15H3. The van der Waals surface area contributed by atoms with E-state index in [1.807, 2.05) is 0 Å². The quantitative estimate of drug-likeness (QED) is 0.164. The van der Waals surface area contributed by atoms with Gasteiger partial charge in [-0.2, -0.15) is 0 Å². The van der Waals surface area contributed by atoms with E-state index in [1.165, 1.54) is 148 Å². The Labute approximate surface area is 476 Å². The first-order chi connectivity index (χ1) is 37.8. The summed E-state index contributed by atoms with van der Waals surface area (Å²) in [6, 6.07) is 53.0. The van der Waals surface area contributed by atoms with Gasteiger partial charge < -0.3 is 14.1 Å². The fourth-order valence-corrected chi connectivity index (χ4v) is 16.7. The van der Waals surface area contributed by atoms with Gasteiger partial charge in [0.1, 0.15) is 11.2 Å². The fraction of sp³-hybridized carbons (Fsp3) is 0.368. The summed E-state index contributed by atoms with van der Waals surface area (Å²) >= 11 is 0. The summed E-state index contributed by atoms with van der Waals surface area (Å²) in [6.45, 7) is 37.0. The second-order valence-electron chi connectivity index (χ2n) is 30.1. The van der Waals surface area contributed by atoms with Gasteiger partial charge in [-0.25, -0.2) is 0 Å². The van der Waals surface area contributed by atoms with Gasteiger partial charge in [-0.05, 0) is 204 Å². The molecular formula is C76H79BN2O. The molecule has 402 valence electrons. The Morgan fingerprint density at radius 2 is 1.00 bits per heavy atom. The average Bonchev–Trinajstić information content (AvgIpc) is 4.10. The number of hydrogen-bond acceptors (Lipinski definition) is 3. The summed E-state index contributed by atoms with van der Waals surface area (Å²) in [4.78, 5) is 5.56. The first kappa shape index (κ1) is 50.2. The van der Waals surface area contributed by atoms with Gasteiger partial charge in [-0.3, -0.25) is 0 Å². The van der Waals surface area contributed by atoms with Crippen LogP contribution in [0.5, 0.6) is 0 Å². The predicted molar refractivity (Wildman–Crippen MR) is 341 cm³/mol. The Morgan fingerprint density at radius 1 is 0.425 bits per heavy atom. The van der Waals surface area contributed by atoms with Crippen molar-refractivity contribution in [3.05, 3.63) is 184 Å².